The molecule has 150 valence electrons. The summed E-state index contributed by atoms with van der Waals surface area (Å²) in [6, 6.07) is 30.0. The summed E-state index contributed by atoms with van der Waals surface area (Å²) < 4.78 is 1.74. The van der Waals surface area contributed by atoms with Gasteiger partial charge in [-0.1, -0.05) is 79.7 Å². The smallest absolute Gasteiger partial charge is 0.272 e. The quantitative estimate of drug-likeness (QED) is 0.440. The van der Waals surface area contributed by atoms with Gasteiger partial charge in [0.1, 0.15) is 5.69 Å². The number of hydrogen-bond donors (Lipinski definition) is 0. The zero-order valence-electron chi connectivity index (χ0n) is 17.3. The van der Waals surface area contributed by atoms with Crippen molar-refractivity contribution in [1.29, 1.82) is 0 Å². The van der Waals surface area contributed by atoms with E-state index in [0.29, 0.717) is 12.2 Å². The van der Waals surface area contributed by atoms with E-state index < -0.39 is 0 Å². The second-order valence-corrected chi connectivity index (χ2v) is 7.36. The molecule has 4 nitrogen and oxygen atoms in total. The van der Waals surface area contributed by atoms with Crippen LogP contribution in [0.2, 0.25) is 0 Å². The molecule has 0 fully saturated rings. The number of carbonyl (C=O) groups excluding carboxylic acids is 1. The molecule has 0 atom stereocenters. The van der Waals surface area contributed by atoms with E-state index in [1.807, 2.05) is 73.8 Å². The van der Waals surface area contributed by atoms with Crippen molar-refractivity contribution in [1.82, 2.24) is 14.7 Å². The highest BCUT2D eigenvalue weighted by molar-refractivity contribution is 5.94. The fraction of sp³-hybridized carbons (Fsp3) is 0.154. The van der Waals surface area contributed by atoms with Gasteiger partial charge in [0.05, 0.1) is 11.4 Å². The first-order valence-corrected chi connectivity index (χ1v) is 10.2. The lowest BCUT2D eigenvalue weighted by Gasteiger charge is -2.18. The van der Waals surface area contributed by atoms with Gasteiger partial charge in [-0.25, -0.2) is 4.68 Å². The van der Waals surface area contributed by atoms with Gasteiger partial charge in [0.25, 0.3) is 5.91 Å². The molecule has 0 aliphatic rings. The number of benzene rings is 3. The van der Waals surface area contributed by atoms with Gasteiger partial charge in [-0.15, -0.1) is 0 Å². The maximum absolute atomic E-state index is 13.4. The molecule has 4 aromatic rings. The summed E-state index contributed by atoms with van der Waals surface area (Å²) in [5.41, 5.74) is 5.58. The Morgan fingerprint density at radius 3 is 2.10 bits per heavy atom. The van der Waals surface area contributed by atoms with Gasteiger partial charge >= 0.3 is 0 Å². The first-order valence-electron chi connectivity index (χ1n) is 10.2. The van der Waals surface area contributed by atoms with Crippen LogP contribution in [0.25, 0.3) is 16.9 Å². The monoisotopic (exact) mass is 395 g/mol. The van der Waals surface area contributed by atoms with Crippen molar-refractivity contribution in [2.24, 2.45) is 0 Å². The summed E-state index contributed by atoms with van der Waals surface area (Å²) in [6.07, 6.45) is 1.01. The average molecular weight is 396 g/mol. The number of hydrogen-bond acceptors (Lipinski definition) is 2. The van der Waals surface area contributed by atoms with Crippen molar-refractivity contribution in [2.45, 2.75) is 19.9 Å². The van der Waals surface area contributed by atoms with Gasteiger partial charge in [0, 0.05) is 19.2 Å². The van der Waals surface area contributed by atoms with Crippen LogP contribution >= 0.6 is 0 Å². The zero-order valence-corrected chi connectivity index (χ0v) is 17.3. The predicted octanol–water partition coefficient (Wildman–Crippen LogP) is 5.37. The molecule has 1 heterocycles. The lowest BCUT2D eigenvalue weighted by Crippen LogP contribution is -2.28. The molecule has 0 radical (unpaired) electrons. The Morgan fingerprint density at radius 1 is 0.867 bits per heavy atom. The summed E-state index contributed by atoms with van der Waals surface area (Å²) in [7, 11) is 1.83. The van der Waals surface area contributed by atoms with Crippen LogP contribution in [0.1, 0.15) is 28.5 Å². The molecular formula is C26H25N3O. The number of aryl methyl sites for hydroxylation is 1. The van der Waals surface area contributed by atoms with E-state index in [1.54, 1.807) is 9.58 Å². The van der Waals surface area contributed by atoms with Gasteiger partial charge < -0.3 is 4.90 Å². The molecule has 1 amide bonds. The molecule has 0 unspecified atom stereocenters. The predicted molar refractivity (Wildman–Crippen MR) is 121 cm³/mol. The van der Waals surface area contributed by atoms with Gasteiger partial charge in [-0.3, -0.25) is 4.79 Å². The second kappa shape index (κ2) is 8.78. The summed E-state index contributed by atoms with van der Waals surface area (Å²) in [6.45, 7) is 2.68. The molecule has 30 heavy (non-hydrogen) atoms. The molecule has 0 aliphatic carbocycles. The van der Waals surface area contributed by atoms with Crippen molar-refractivity contribution in [3.8, 4) is 16.9 Å². The van der Waals surface area contributed by atoms with Crippen LogP contribution in [0.5, 0.6) is 0 Å². The number of aromatic nitrogens is 2. The van der Waals surface area contributed by atoms with E-state index in [4.69, 9.17) is 5.10 Å². The highest BCUT2D eigenvalue weighted by atomic mass is 16.2. The molecule has 0 aliphatic heterocycles. The number of para-hydroxylation sites is 1. The van der Waals surface area contributed by atoms with Crippen LogP contribution in [-0.2, 0) is 13.0 Å². The molecular weight excluding hydrogens is 370 g/mol. The largest absolute Gasteiger partial charge is 0.336 e. The van der Waals surface area contributed by atoms with Gasteiger partial charge in [0.2, 0.25) is 0 Å². The first kappa shape index (κ1) is 19.6. The third-order valence-electron chi connectivity index (χ3n) is 5.20. The normalized spacial score (nSPS) is 10.7. The van der Waals surface area contributed by atoms with Gasteiger partial charge in [-0.05, 0) is 35.7 Å². The molecule has 4 heteroatoms. The van der Waals surface area contributed by atoms with E-state index in [9.17, 15) is 4.79 Å². The Balaban J connectivity index is 1.67. The van der Waals surface area contributed by atoms with Crippen LogP contribution in [0, 0.1) is 0 Å². The van der Waals surface area contributed by atoms with Crippen LogP contribution in [0.15, 0.2) is 91.0 Å². The van der Waals surface area contributed by atoms with E-state index in [2.05, 4.69) is 31.2 Å². The van der Waals surface area contributed by atoms with Crippen LogP contribution in [0.3, 0.4) is 0 Å². The Morgan fingerprint density at radius 2 is 1.47 bits per heavy atom. The maximum Gasteiger partial charge on any atom is 0.272 e. The Hall–Kier alpha value is -3.66. The Labute approximate surface area is 177 Å². The number of carbonyl (C=O) groups is 1. The molecule has 3 aromatic carbocycles. The highest BCUT2D eigenvalue weighted by Crippen LogP contribution is 2.23. The SMILES string of the molecule is CCc1ccc(CN(C)C(=O)c2cc(-c3ccccc3)nn2-c2ccccc2)cc1. The molecule has 0 bridgehead atoms. The van der Waals surface area contributed by atoms with Crippen molar-refractivity contribution in [3.63, 3.8) is 0 Å². The highest BCUT2D eigenvalue weighted by Gasteiger charge is 2.21. The van der Waals surface area contributed by atoms with E-state index >= 15 is 0 Å². The Bertz CT molecular complexity index is 1120. The minimum Gasteiger partial charge on any atom is -0.336 e. The minimum absolute atomic E-state index is 0.0619. The van der Waals surface area contributed by atoms with Crippen molar-refractivity contribution in [3.05, 3.63) is 108 Å². The van der Waals surface area contributed by atoms with Gasteiger partial charge in [-0.2, -0.15) is 5.10 Å². The third kappa shape index (κ3) is 4.18. The van der Waals surface area contributed by atoms with E-state index in [-0.39, 0.29) is 5.91 Å². The lowest BCUT2D eigenvalue weighted by molar-refractivity contribution is 0.0776. The standard InChI is InChI=1S/C26H25N3O/c1-3-20-14-16-21(17-15-20)19-28(2)26(30)25-18-24(22-10-6-4-7-11-22)27-29(25)23-12-8-5-9-13-23/h4-18H,3,19H2,1-2H3. The first-order chi connectivity index (χ1) is 14.7. The lowest BCUT2D eigenvalue weighted by atomic mass is 10.1. The van der Waals surface area contributed by atoms with Crippen LogP contribution in [0.4, 0.5) is 0 Å². The fourth-order valence-corrected chi connectivity index (χ4v) is 3.47. The number of rotatable bonds is 6. The second-order valence-electron chi connectivity index (χ2n) is 7.36. The fourth-order valence-electron chi connectivity index (χ4n) is 3.47. The summed E-state index contributed by atoms with van der Waals surface area (Å²) in [5, 5.41) is 4.75. The molecule has 0 saturated carbocycles. The van der Waals surface area contributed by atoms with Crippen molar-refractivity contribution < 1.29 is 4.79 Å². The topological polar surface area (TPSA) is 38.1 Å². The van der Waals surface area contributed by atoms with Crippen LogP contribution < -0.4 is 0 Å². The molecule has 1 aromatic heterocycles. The minimum atomic E-state index is -0.0619. The summed E-state index contributed by atoms with van der Waals surface area (Å²) in [4.78, 5) is 15.1. The third-order valence-corrected chi connectivity index (χ3v) is 5.20. The van der Waals surface area contributed by atoms with E-state index in [1.165, 1.54) is 5.56 Å². The summed E-state index contributed by atoms with van der Waals surface area (Å²) in [5.74, 6) is -0.0619. The molecule has 4 rings (SSSR count). The number of amides is 1. The molecule has 0 N–H and O–H groups in total. The summed E-state index contributed by atoms with van der Waals surface area (Å²) >= 11 is 0. The average Bonchev–Trinajstić information content (AvgIpc) is 3.26. The van der Waals surface area contributed by atoms with Crippen molar-refractivity contribution >= 4 is 5.91 Å². The Kier molecular flexibility index (Phi) is 5.75. The molecule has 0 spiro atoms. The zero-order chi connectivity index (χ0) is 20.9. The maximum atomic E-state index is 13.4. The molecule has 0 saturated heterocycles. The van der Waals surface area contributed by atoms with Crippen LogP contribution in [-0.4, -0.2) is 27.6 Å². The number of nitrogens with zero attached hydrogens (tertiary/aromatic N) is 3. The van der Waals surface area contributed by atoms with Crippen molar-refractivity contribution in [2.75, 3.05) is 7.05 Å². The van der Waals surface area contributed by atoms with E-state index in [0.717, 1.165) is 28.9 Å². The van der Waals surface area contributed by atoms with Gasteiger partial charge in [0.15, 0.2) is 0 Å².